The van der Waals surface area contributed by atoms with Gasteiger partial charge in [0.1, 0.15) is 11.7 Å². The molecule has 0 N–H and O–H groups in total. The van der Waals surface area contributed by atoms with Crippen LogP contribution >= 0.6 is 0 Å². The maximum atomic E-state index is 14.0. The van der Waals surface area contributed by atoms with Gasteiger partial charge < -0.3 is 12.3 Å². The van der Waals surface area contributed by atoms with Crippen LogP contribution in [0.4, 0.5) is 43.9 Å². The van der Waals surface area contributed by atoms with Gasteiger partial charge in [0.2, 0.25) is 11.7 Å². The Morgan fingerprint density at radius 3 is 1.06 bits per heavy atom. The monoisotopic (exact) mass is 562 g/mol. The summed E-state index contributed by atoms with van der Waals surface area (Å²) in [6.45, 7) is 6.33. The largest absolute Gasteiger partial charge is 0.416 e. The van der Waals surface area contributed by atoms with E-state index < -0.39 is 85.6 Å². The molecule has 34 heavy (non-hydrogen) atoms. The molecule has 0 aromatic rings. The van der Waals surface area contributed by atoms with Crippen LogP contribution in [0.5, 0.6) is 0 Å². The third-order valence-corrected chi connectivity index (χ3v) is 18.9. The number of rotatable bonds is 10. The number of halogens is 10. The molecule has 0 spiro atoms. The lowest BCUT2D eigenvalue weighted by Crippen LogP contribution is -2.67. The number of hydrogen-bond donors (Lipinski definition) is 0. The lowest BCUT2D eigenvalue weighted by molar-refractivity contribution is 0.220. The third-order valence-electron chi connectivity index (χ3n) is 4.79. The highest BCUT2D eigenvalue weighted by molar-refractivity contribution is 6.93. The normalized spacial score (nSPS) is 28.8. The van der Waals surface area contributed by atoms with E-state index in [9.17, 15) is 43.9 Å². The van der Waals surface area contributed by atoms with Crippen LogP contribution in [-0.2, 0) is 12.3 Å². The van der Waals surface area contributed by atoms with Crippen molar-refractivity contribution in [1.82, 2.24) is 0 Å². The molecule has 1 heterocycles. The van der Waals surface area contributed by atoms with E-state index in [2.05, 4.69) is 0 Å². The van der Waals surface area contributed by atoms with Crippen LogP contribution < -0.4 is 0 Å². The molecule has 196 valence electrons. The first kappa shape index (κ1) is 30.8. The topological polar surface area (TPSA) is 27.7 Å². The van der Waals surface area contributed by atoms with E-state index in [0.29, 0.717) is 12.5 Å². The van der Waals surface area contributed by atoms with Crippen LogP contribution in [0.2, 0.25) is 37.8 Å². The summed E-state index contributed by atoms with van der Waals surface area (Å²) in [6.07, 6.45) is -7.17. The molecule has 0 saturated carbocycles. The van der Waals surface area contributed by atoms with E-state index in [0.717, 1.165) is 0 Å². The van der Waals surface area contributed by atoms with Crippen molar-refractivity contribution in [2.75, 3.05) is 0 Å². The molecule has 0 aromatic carbocycles. The van der Waals surface area contributed by atoms with Crippen molar-refractivity contribution in [3.63, 3.8) is 0 Å². The molecule has 0 aromatic heterocycles. The third kappa shape index (κ3) is 8.47. The smallest absolute Gasteiger partial charge is 0.317 e. The van der Waals surface area contributed by atoms with Crippen molar-refractivity contribution in [2.24, 2.45) is 0 Å². The van der Waals surface area contributed by atoms with Gasteiger partial charge in [0.25, 0.3) is 0 Å². The van der Waals surface area contributed by atoms with E-state index >= 15 is 0 Å². The molecule has 16 heteroatoms. The molecule has 1 aliphatic heterocycles. The van der Waals surface area contributed by atoms with Crippen molar-refractivity contribution in [3.05, 3.63) is 47.1 Å². The maximum absolute atomic E-state index is 14.0. The Morgan fingerprint density at radius 1 is 0.500 bits per heavy atom. The first-order valence-corrected chi connectivity index (χ1v) is 17.7. The average Bonchev–Trinajstić information content (AvgIpc) is 2.72. The molecule has 2 unspecified atom stereocenters. The fourth-order valence-electron chi connectivity index (χ4n) is 3.49. The molecule has 0 amide bonds. The van der Waals surface area contributed by atoms with Crippen molar-refractivity contribution >= 4 is 25.7 Å². The lowest BCUT2D eigenvalue weighted by atomic mass is 10.3. The van der Waals surface area contributed by atoms with Crippen molar-refractivity contribution in [3.8, 4) is 0 Å². The molecular weight excluding hydrogens is 538 g/mol. The SMILES string of the molecule is CCC[Si]1(C)O[Si](C)(CC/C(F)=C(/F)C(F)=C(F)F)O[Si](C)(CC/C(F)=C(/F)C(F)=C(F)F)O1. The van der Waals surface area contributed by atoms with Crippen LogP contribution in [0.15, 0.2) is 47.1 Å². The van der Waals surface area contributed by atoms with Gasteiger partial charge in [0.15, 0.2) is 11.7 Å². The van der Waals surface area contributed by atoms with Crippen molar-refractivity contribution in [1.29, 1.82) is 0 Å². The Bertz CT molecular complexity index is 822. The summed E-state index contributed by atoms with van der Waals surface area (Å²) < 4.78 is 148. The van der Waals surface area contributed by atoms with Crippen LogP contribution in [0, 0.1) is 0 Å². The zero-order chi connectivity index (χ0) is 26.5. The molecule has 1 rings (SSSR count). The summed E-state index contributed by atoms with van der Waals surface area (Å²) >= 11 is 0. The second-order valence-corrected chi connectivity index (χ2v) is 18.8. The van der Waals surface area contributed by atoms with Gasteiger partial charge in [0.05, 0.1) is 0 Å². The first-order valence-electron chi connectivity index (χ1n) is 10.1. The van der Waals surface area contributed by atoms with Crippen LogP contribution in [0.25, 0.3) is 0 Å². The molecule has 1 saturated heterocycles. The molecule has 0 radical (unpaired) electrons. The Hall–Kier alpha value is -1.21. The minimum atomic E-state index is -3.46. The van der Waals surface area contributed by atoms with Gasteiger partial charge in [0, 0.05) is 12.8 Å². The van der Waals surface area contributed by atoms with E-state index in [1.54, 1.807) is 13.5 Å². The molecule has 3 nitrogen and oxygen atoms in total. The molecule has 1 fully saturated rings. The second kappa shape index (κ2) is 12.2. The fourth-order valence-corrected chi connectivity index (χ4v) is 20.8. The standard InChI is InChI=1S/C18H24F10O3Si3/c1-5-8-32(2)29-33(3,9-6-11(19)13(21)15(23)17(25)26)31-34(4,30-32)10-7-12(20)14(22)16(24)18(27)28/h5-10H2,1-4H3/b13-11-,14-12-. The maximum Gasteiger partial charge on any atom is 0.317 e. The molecule has 2 atom stereocenters. The summed E-state index contributed by atoms with van der Waals surface area (Å²) in [5.74, 6) is -13.5. The predicted molar refractivity (Wildman–Crippen MR) is 111 cm³/mol. The van der Waals surface area contributed by atoms with Crippen LogP contribution in [0.3, 0.4) is 0 Å². The van der Waals surface area contributed by atoms with E-state index in [-0.39, 0.29) is 12.1 Å². The summed E-state index contributed by atoms with van der Waals surface area (Å²) in [6, 6.07) is -0.290. The van der Waals surface area contributed by atoms with Crippen molar-refractivity contribution < 1.29 is 56.2 Å². The highest BCUT2D eigenvalue weighted by Gasteiger charge is 2.56. The van der Waals surface area contributed by atoms with Crippen LogP contribution in [0.1, 0.15) is 26.2 Å². The fraction of sp³-hybridized carbons (Fsp3) is 0.556. The Morgan fingerprint density at radius 2 is 0.794 bits per heavy atom. The second-order valence-electron chi connectivity index (χ2n) is 8.04. The summed E-state index contributed by atoms with van der Waals surface area (Å²) in [5, 5.41) is 0. The molecule has 1 aliphatic rings. The highest BCUT2D eigenvalue weighted by atomic mass is 28.5. The molecule has 0 aliphatic carbocycles. The Balaban J connectivity index is 3.16. The quantitative estimate of drug-likeness (QED) is 0.151. The van der Waals surface area contributed by atoms with Gasteiger partial charge in [-0.25, -0.2) is 17.6 Å². The highest BCUT2D eigenvalue weighted by Crippen LogP contribution is 2.40. The van der Waals surface area contributed by atoms with Gasteiger partial charge in [-0.1, -0.05) is 13.3 Å². The predicted octanol–water partition coefficient (Wildman–Crippen LogP) is 8.91. The van der Waals surface area contributed by atoms with E-state index in [4.69, 9.17) is 12.3 Å². The summed E-state index contributed by atoms with van der Waals surface area (Å²) in [7, 11) is -9.97. The Kier molecular flexibility index (Phi) is 11.0. The van der Waals surface area contributed by atoms with Gasteiger partial charge in [-0.3, -0.25) is 0 Å². The average molecular weight is 563 g/mol. The zero-order valence-electron chi connectivity index (χ0n) is 18.7. The van der Waals surface area contributed by atoms with E-state index in [1.807, 2.05) is 0 Å². The minimum absolute atomic E-state index is 0.344. The molecular formula is C18H24F10O3Si3. The lowest BCUT2D eigenvalue weighted by Gasteiger charge is -2.50. The minimum Gasteiger partial charge on any atom is -0.416 e. The number of allylic oxidation sites excluding steroid dienone is 6. The Labute approximate surface area is 193 Å². The van der Waals surface area contributed by atoms with Crippen molar-refractivity contribution in [2.45, 2.75) is 64.0 Å². The van der Waals surface area contributed by atoms with Crippen LogP contribution in [-0.4, -0.2) is 25.7 Å². The van der Waals surface area contributed by atoms with Gasteiger partial charge in [-0.2, -0.15) is 26.3 Å². The summed E-state index contributed by atoms with van der Waals surface area (Å²) in [4.78, 5) is 0. The summed E-state index contributed by atoms with van der Waals surface area (Å²) in [5.41, 5.74) is 0. The van der Waals surface area contributed by atoms with Gasteiger partial charge in [-0.15, -0.1) is 0 Å². The van der Waals surface area contributed by atoms with E-state index in [1.165, 1.54) is 13.1 Å². The first-order chi connectivity index (χ1) is 15.5. The molecule has 0 bridgehead atoms. The zero-order valence-corrected chi connectivity index (χ0v) is 21.7. The van der Waals surface area contributed by atoms with Gasteiger partial charge in [-0.05, 0) is 37.8 Å². The number of hydrogen-bond acceptors (Lipinski definition) is 3. The van der Waals surface area contributed by atoms with Gasteiger partial charge >= 0.3 is 37.8 Å².